The summed E-state index contributed by atoms with van der Waals surface area (Å²) in [5.41, 5.74) is 2.32. The summed E-state index contributed by atoms with van der Waals surface area (Å²) >= 11 is 5.84. The molecule has 0 aliphatic rings. The van der Waals surface area contributed by atoms with Gasteiger partial charge in [-0.05, 0) is 42.4 Å². The summed E-state index contributed by atoms with van der Waals surface area (Å²) in [7, 11) is 1.93. The maximum absolute atomic E-state index is 5.84. The van der Waals surface area contributed by atoms with Crippen molar-refractivity contribution in [2.45, 2.75) is 13.2 Å². The van der Waals surface area contributed by atoms with Crippen molar-refractivity contribution < 1.29 is 4.74 Å². The Labute approximate surface area is 125 Å². The lowest BCUT2D eigenvalue weighted by atomic mass is 10.2. The van der Waals surface area contributed by atoms with Gasteiger partial charge in [0.05, 0.1) is 0 Å². The zero-order chi connectivity index (χ0) is 12.8. The van der Waals surface area contributed by atoms with Crippen molar-refractivity contribution in [1.29, 1.82) is 0 Å². The Balaban J connectivity index is 0.00000180. The predicted octanol–water partition coefficient (Wildman–Crippen LogP) is 4.06. The zero-order valence-corrected chi connectivity index (χ0v) is 12.3. The predicted molar refractivity (Wildman–Crippen MR) is 82.2 cm³/mol. The van der Waals surface area contributed by atoms with E-state index in [4.69, 9.17) is 16.3 Å². The van der Waals surface area contributed by atoms with Gasteiger partial charge in [-0.2, -0.15) is 0 Å². The molecule has 2 aromatic rings. The molecule has 0 fully saturated rings. The number of benzene rings is 2. The number of nitrogens with one attached hydrogen (secondary N) is 1. The highest BCUT2D eigenvalue weighted by Crippen LogP contribution is 2.16. The van der Waals surface area contributed by atoms with Crippen LogP contribution in [-0.2, 0) is 13.2 Å². The van der Waals surface area contributed by atoms with Crippen LogP contribution in [0.5, 0.6) is 5.75 Å². The van der Waals surface area contributed by atoms with Crippen molar-refractivity contribution in [3.63, 3.8) is 0 Å². The summed E-state index contributed by atoms with van der Waals surface area (Å²) in [6.45, 7) is 1.40. The quantitative estimate of drug-likeness (QED) is 0.898. The minimum atomic E-state index is 0. The van der Waals surface area contributed by atoms with Gasteiger partial charge in [-0.1, -0.05) is 35.9 Å². The van der Waals surface area contributed by atoms with Crippen LogP contribution in [0.1, 0.15) is 11.1 Å². The Kier molecular flexibility index (Phi) is 6.71. The minimum Gasteiger partial charge on any atom is -0.489 e. The smallest absolute Gasteiger partial charge is 0.120 e. The van der Waals surface area contributed by atoms with E-state index in [9.17, 15) is 0 Å². The lowest BCUT2D eigenvalue weighted by Gasteiger charge is -2.08. The molecule has 0 aliphatic carbocycles. The Morgan fingerprint density at radius 2 is 1.79 bits per heavy atom. The lowest BCUT2D eigenvalue weighted by molar-refractivity contribution is 0.306. The number of halogens is 2. The number of hydrogen-bond acceptors (Lipinski definition) is 2. The molecule has 1 N–H and O–H groups in total. The average Bonchev–Trinajstić information content (AvgIpc) is 2.39. The normalized spacial score (nSPS) is 9.79. The standard InChI is InChI=1S/C15H16ClNO.ClH/c1-17-10-13-3-2-4-15(9-13)18-11-12-5-7-14(16)8-6-12;/h2-9,17H,10-11H2,1H3;1H. The molecule has 0 saturated carbocycles. The van der Waals surface area contributed by atoms with Gasteiger partial charge in [-0.3, -0.25) is 0 Å². The fraction of sp³-hybridized carbons (Fsp3) is 0.200. The van der Waals surface area contributed by atoms with Crippen molar-refractivity contribution in [1.82, 2.24) is 5.32 Å². The molecule has 0 saturated heterocycles. The fourth-order valence-corrected chi connectivity index (χ4v) is 1.82. The third kappa shape index (κ3) is 5.11. The van der Waals surface area contributed by atoms with E-state index in [0.29, 0.717) is 6.61 Å². The van der Waals surface area contributed by atoms with Crippen molar-refractivity contribution in [2.24, 2.45) is 0 Å². The second-order valence-corrected chi connectivity index (χ2v) is 4.53. The summed E-state index contributed by atoms with van der Waals surface area (Å²) in [4.78, 5) is 0. The van der Waals surface area contributed by atoms with E-state index in [2.05, 4.69) is 11.4 Å². The van der Waals surface area contributed by atoms with Gasteiger partial charge in [0.25, 0.3) is 0 Å². The summed E-state index contributed by atoms with van der Waals surface area (Å²) in [6, 6.07) is 15.8. The van der Waals surface area contributed by atoms with Gasteiger partial charge in [0.15, 0.2) is 0 Å². The molecule has 2 nitrogen and oxygen atoms in total. The maximum Gasteiger partial charge on any atom is 0.120 e. The molecular weight excluding hydrogens is 281 g/mol. The number of ether oxygens (including phenoxy) is 1. The highest BCUT2D eigenvalue weighted by atomic mass is 35.5. The monoisotopic (exact) mass is 297 g/mol. The molecule has 2 aromatic carbocycles. The van der Waals surface area contributed by atoms with Crippen LogP contribution in [0.15, 0.2) is 48.5 Å². The van der Waals surface area contributed by atoms with Gasteiger partial charge in [-0.15, -0.1) is 12.4 Å². The minimum absolute atomic E-state index is 0. The molecule has 0 bridgehead atoms. The molecule has 4 heteroatoms. The maximum atomic E-state index is 5.84. The molecule has 0 aliphatic heterocycles. The highest BCUT2D eigenvalue weighted by Gasteiger charge is 1.98. The Morgan fingerprint density at radius 1 is 1.05 bits per heavy atom. The van der Waals surface area contributed by atoms with Gasteiger partial charge >= 0.3 is 0 Å². The first-order valence-corrected chi connectivity index (χ1v) is 6.26. The van der Waals surface area contributed by atoms with Crippen molar-refractivity contribution >= 4 is 24.0 Å². The Morgan fingerprint density at radius 3 is 2.47 bits per heavy atom. The van der Waals surface area contributed by atoms with Gasteiger partial charge < -0.3 is 10.1 Å². The summed E-state index contributed by atoms with van der Waals surface area (Å²) < 4.78 is 5.75. The van der Waals surface area contributed by atoms with E-state index >= 15 is 0 Å². The molecule has 0 unspecified atom stereocenters. The first kappa shape index (κ1) is 15.8. The van der Waals surface area contributed by atoms with E-state index in [-0.39, 0.29) is 12.4 Å². The third-order valence-corrected chi connectivity index (χ3v) is 2.85. The zero-order valence-electron chi connectivity index (χ0n) is 10.7. The number of rotatable bonds is 5. The van der Waals surface area contributed by atoms with Gasteiger partial charge in [-0.25, -0.2) is 0 Å². The SMILES string of the molecule is CNCc1cccc(OCc2ccc(Cl)cc2)c1.Cl. The molecule has 0 radical (unpaired) electrons. The molecule has 0 heterocycles. The Hall–Kier alpha value is -1.22. The van der Waals surface area contributed by atoms with Gasteiger partial charge in [0.1, 0.15) is 12.4 Å². The molecule has 102 valence electrons. The van der Waals surface area contributed by atoms with Crippen LogP contribution in [0.3, 0.4) is 0 Å². The van der Waals surface area contributed by atoms with Crippen LogP contribution < -0.4 is 10.1 Å². The average molecular weight is 298 g/mol. The molecule has 0 amide bonds. The molecule has 2 rings (SSSR count). The van der Waals surface area contributed by atoms with Crippen LogP contribution in [0.25, 0.3) is 0 Å². The van der Waals surface area contributed by atoms with Crippen LogP contribution in [0, 0.1) is 0 Å². The summed E-state index contributed by atoms with van der Waals surface area (Å²) in [5.74, 6) is 0.887. The largest absolute Gasteiger partial charge is 0.489 e. The molecule has 19 heavy (non-hydrogen) atoms. The first-order valence-electron chi connectivity index (χ1n) is 5.89. The van der Waals surface area contributed by atoms with E-state index in [1.807, 2.05) is 49.5 Å². The molecule has 0 aromatic heterocycles. The lowest BCUT2D eigenvalue weighted by Crippen LogP contribution is -2.05. The second-order valence-electron chi connectivity index (χ2n) is 4.09. The van der Waals surface area contributed by atoms with Crippen LogP contribution >= 0.6 is 24.0 Å². The van der Waals surface area contributed by atoms with Crippen LogP contribution in [0.2, 0.25) is 5.02 Å². The van der Waals surface area contributed by atoms with Crippen LogP contribution in [-0.4, -0.2) is 7.05 Å². The molecule has 0 spiro atoms. The topological polar surface area (TPSA) is 21.3 Å². The number of hydrogen-bond donors (Lipinski definition) is 1. The van der Waals surface area contributed by atoms with Crippen LogP contribution in [0.4, 0.5) is 0 Å². The molecular formula is C15H17Cl2NO. The fourth-order valence-electron chi connectivity index (χ4n) is 1.70. The highest BCUT2D eigenvalue weighted by molar-refractivity contribution is 6.30. The van der Waals surface area contributed by atoms with Crippen molar-refractivity contribution in [3.05, 3.63) is 64.7 Å². The first-order chi connectivity index (χ1) is 8.78. The van der Waals surface area contributed by atoms with E-state index in [1.54, 1.807) is 0 Å². The van der Waals surface area contributed by atoms with E-state index in [1.165, 1.54) is 5.56 Å². The van der Waals surface area contributed by atoms with Gasteiger partial charge in [0, 0.05) is 11.6 Å². The Bertz CT molecular complexity index is 500. The van der Waals surface area contributed by atoms with Crippen molar-refractivity contribution in [3.8, 4) is 5.75 Å². The summed E-state index contributed by atoms with van der Waals surface area (Å²) in [5, 5.41) is 3.87. The molecule has 0 atom stereocenters. The second kappa shape index (κ2) is 8.05. The van der Waals surface area contributed by atoms with E-state index in [0.717, 1.165) is 22.9 Å². The summed E-state index contributed by atoms with van der Waals surface area (Å²) in [6.07, 6.45) is 0. The van der Waals surface area contributed by atoms with E-state index < -0.39 is 0 Å². The third-order valence-electron chi connectivity index (χ3n) is 2.60. The van der Waals surface area contributed by atoms with Gasteiger partial charge in [0.2, 0.25) is 0 Å². The van der Waals surface area contributed by atoms with Crippen molar-refractivity contribution in [2.75, 3.05) is 7.05 Å².